The van der Waals surface area contributed by atoms with Gasteiger partial charge in [-0.25, -0.2) is 0 Å². The highest BCUT2D eigenvalue weighted by Gasteiger charge is 2.38. The van der Waals surface area contributed by atoms with Gasteiger partial charge in [0.15, 0.2) is 0 Å². The Morgan fingerprint density at radius 2 is 1.32 bits per heavy atom. The second-order valence-corrected chi connectivity index (χ2v) is 8.11. The largest absolute Gasteiger partial charge is 0.388 e. The van der Waals surface area contributed by atoms with E-state index in [1.54, 1.807) is 0 Å². The van der Waals surface area contributed by atoms with Crippen molar-refractivity contribution in [3.05, 3.63) is 0 Å². The molecular formula is C19H32O9. The zero-order valence-corrected chi connectivity index (χ0v) is 16.1. The van der Waals surface area contributed by atoms with E-state index in [1.807, 2.05) is 0 Å². The van der Waals surface area contributed by atoms with Crippen LogP contribution in [-0.2, 0) is 33.2 Å². The van der Waals surface area contributed by atoms with Crippen molar-refractivity contribution in [3.63, 3.8) is 0 Å². The van der Waals surface area contributed by atoms with E-state index < -0.39 is 24.4 Å². The van der Waals surface area contributed by atoms with Gasteiger partial charge in [-0.15, -0.1) is 0 Å². The van der Waals surface area contributed by atoms with Crippen molar-refractivity contribution in [2.75, 3.05) is 59.5 Å². The van der Waals surface area contributed by atoms with Crippen molar-refractivity contribution in [3.8, 4) is 0 Å². The van der Waals surface area contributed by atoms with Crippen LogP contribution >= 0.6 is 0 Å². The van der Waals surface area contributed by atoms with E-state index in [2.05, 4.69) is 0 Å². The van der Waals surface area contributed by atoms with Crippen LogP contribution in [-0.4, -0.2) is 112 Å². The molecule has 4 aliphatic rings. The summed E-state index contributed by atoms with van der Waals surface area (Å²) in [6.07, 6.45) is -0.949. The molecule has 7 unspecified atom stereocenters. The summed E-state index contributed by atoms with van der Waals surface area (Å²) in [5.41, 5.74) is 0. The molecule has 0 aromatic heterocycles. The molecule has 9 heteroatoms. The van der Waals surface area contributed by atoms with Crippen molar-refractivity contribution in [2.45, 2.75) is 55.6 Å². The van der Waals surface area contributed by atoms with Gasteiger partial charge in [0.05, 0.1) is 52.9 Å². The third-order valence-corrected chi connectivity index (χ3v) is 5.20. The molecule has 9 nitrogen and oxygen atoms in total. The Hall–Kier alpha value is -0.360. The lowest BCUT2D eigenvalue weighted by atomic mass is 10.0. The van der Waals surface area contributed by atoms with E-state index in [-0.39, 0.29) is 31.5 Å². The van der Waals surface area contributed by atoms with E-state index in [9.17, 15) is 10.2 Å². The van der Waals surface area contributed by atoms with Crippen LogP contribution in [0.2, 0.25) is 0 Å². The van der Waals surface area contributed by atoms with Crippen molar-refractivity contribution in [2.24, 2.45) is 5.92 Å². The average molecular weight is 404 g/mol. The van der Waals surface area contributed by atoms with Crippen LogP contribution in [0.3, 0.4) is 0 Å². The molecule has 2 N–H and O–H groups in total. The Labute approximate surface area is 165 Å². The van der Waals surface area contributed by atoms with E-state index in [1.165, 1.54) is 12.8 Å². The van der Waals surface area contributed by atoms with E-state index in [0.717, 1.165) is 0 Å². The third kappa shape index (κ3) is 7.47. The van der Waals surface area contributed by atoms with Crippen molar-refractivity contribution in [1.29, 1.82) is 0 Å². The molecular weight excluding hydrogens is 372 g/mol. The molecule has 1 aliphatic carbocycles. The quantitative estimate of drug-likeness (QED) is 0.298. The molecule has 0 aromatic carbocycles. The first-order chi connectivity index (χ1) is 13.7. The van der Waals surface area contributed by atoms with E-state index in [0.29, 0.717) is 52.2 Å². The number of rotatable bonds is 17. The molecule has 3 aliphatic heterocycles. The fraction of sp³-hybridized carbons (Fsp3) is 1.00. The predicted molar refractivity (Wildman–Crippen MR) is 95.1 cm³/mol. The maximum absolute atomic E-state index is 11.0. The Morgan fingerprint density at radius 3 is 1.93 bits per heavy atom. The van der Waals surface area contributed by atoms with Crippen LogP contribution in [0.4, 0.5) is 0 Å². The first kappa shape index (κ1) is 20.9. The van der Waals surface area contributed by atoms with Gasteiger partial charge in [0.2, 0.25) is 0 Å². The van der Waals surface area contributed by atoms with Gasteiger partial charge in [-0.3, -0.25) is 0 Å². The lowest BCUT2D eigenvalue weighted by Gasteiger charge is -2.32. The monoisotopic (exact) mass is 404 g/mol. The normalized spacial score (nSPS) is 32.6. The first-order valence-electron chi connectivity index (χ1n) is 10.3. The van der Waals surface area contributed by atoms with E-state index >= 15 is 0 Å². The highest BCUT2D eigenvalue weighted by molar-refractivity contribution is 4.86. The lowest BCUT2D eigenvalue weighted by molar-refractivity contribution is -0.171. The minimum absolute atomic E-state index is 0.0213. The molecule has 0 radical (unpaired) electrons. The lowest BCUT2D eigenvalue weighted by Crippen LogP contribution is -2.51. The number of aliphatic hydroxyl groups is 2. The number of hydrogen-bond donors (Lipinski definition) is 2. The minimum Gasteiger partial charge on any atom is -0.388 e. The second-order valence-electron chi connectivity index (χ2n) is 8.11. The molecule has 0 aromatic rings. The van der Waals surface area contributed by atoms with Crippen LogP contribution in [0.1, 0.15) is 12.8 Å². The second kappa shape index (κ2) is 10.1. The standard InChI is InChI=1S/C19H32O9/c20-16(10-23-4-13-5-24-13)19(28-9-15-7-26-15)18(21)17(27-8-14-6-25-14)11-22-3-12-1-2-12/h12-21H,1-11H2. The summed E-state index contributed by atoms with van der Waals surface area (Å²) in [7, 11) is 0. The summed E-state index contributed by atoms with van der Waals surface area (Å²) < 4.78 is 38.4. The molecule has 0 amide bonds. The van der Waals surface area contributed by atoms with Crippen molar-refractivity contribution in [1.82, 2.24) is 0 Å². The van der Waals surface area contributed by atoms with Gasteiger partial charge in [-0.1, -0.05) is 0 Å². The van der Waals surface area contributed by atoms with Gasteiger partial charge in [-0.2, -0.15) is 0 Å². The van der Waals surface area contributed by atoms with Gasteiger partial charge in [0.1, 0.15) is 42.7 Å². The number of ether oxygens (including phenoxy) is 7. The highest BCUT2D eigenvalue weighted by atomic mass is 16.6. The van der Waals surface area contributed by atoms with Crippen molar-refractivity contribution >= 4 is 0 Å². The zero-order chi connectivity index (χ0) is 19.3. The Bertz CT molecular complexity index is 462. The average Bonchev–Trinajstić information content (AvgIpc) is 3.53. The topological polar surface area (TPSA) is 115 Å². The van der Waals surface area contributed by atoms with Crippen LogP contribution < -0.4 is 0 Å². The summed E-state index contributed by atoms with van der Waals surface area (Å²) >= 11 is 0. The molecule has 0 spiro atoms. The fourth-order valence-corrected chi connectivity index (χ4v) is 2.89. The fourth-order valence-electron chi connectivity index (χ4n) is 2.89. The van der Waals surface area contributed by atoms with Crippen LogP contribution in [0.25, 0.3) is 0 Å². The molecule has 7 atom stereocenters. The molecule has 162 valence electrons. The maximum Gasteiger partial charge on any atom is 0.114 e. The summed E-state index contributed by atoms with van der Waals surface area (Å²) in [4.78, 5) is 0. The van der Waals surface area contributed by atoms with Crippen LogP contribution in [0.15, 0.2) is 0 Å². The van der Waals surface area contributed by atoms with Crippen molar-refractivity contribution < 1.29 is 43.4 Å². The van der Waals surface area contributed by atoms with Gasteiger partial charge in [0, 0.05) is 6.61 Å². The Kier molecular flexibility index (Phi) is 7.54. The maximum atomic E-state index is 11.0. The van der Waals surface area contributed by atoms with Gasteiger partial charge >= 0.3 is 0 Å². The number of hydrogen-bond acceptors (Lipinski definition) is 9. The van der Waals surface area contributed by atoms with Gasteiger partial charge < -0.3 is 43.4 Å². The highest BCUT2D eigenvalue weighted by Crippen LogP contribution is 2.29. The third-order valence-electron chi connectivity index (χ3n) is 5.20. The zero-order valence-electron chi connectivity index (χ0n) is 16.1. The SMILES string of the molecule is OC(COCC1CO1)C(OCC1CO1)C(O)C(COCC1CC1)OCC1CO1. The van der Waals surface area contributed by atoms with Gasteiger partial charge in [-0.05, 0) is 18.8 Å². The summed E-state index contributed by atoms with van der Waals surface area (Å²) in [6, 6.07) is 0. The number of epoxide rings is 3. The van der Waals surface area contributed by atoms with Crippen LogP contribution in [0.5, 0.6) is 0 Å². The summed E-state index contributed by atoms with van der Waals surface area (Å²) in [5.74, 6) is 0.618. The minimum atomic E-state index is -1.06. The molecule has 3 saturated heterocycles. The molecule has 4 rings (SSSR count). The number of aliphatic hydroxyl groups excluding tert-OH is 2. The Morgan fingerprint density at radius 1 is 0.750 bits per heavy atom. The molecule has 28 heavy (non-hydrogen) atoms. The molecule has 3 heterocycles. The first-order valence-corrected chi connectivity index (χ1v) is 10.3. The van der Waals surface area contributed by atoms with E-state index in [4.69, 9.17) is 33.2 Å². The summed E-state index contributed by atoms with van der Waals surface area (Å²) in [5, 5.41) is 21.6. The molecule has 1 saturated carbocycles. The summed E-state index contributed by atoms with van der Waals surface area (Å²) in [6.45, 7) is 4.08. The molecule has 0 bridgehead atoms. The smallest absolute Gasteiger partial charge is 0.114 e. The Balaban J connectivity index is 1.29. The molecule has 4 fully saturated rings. The van der Waals surface area contributed by atoms with Crippen LogP contribution in [0, 0.1) is 5.92 Å². The predicted octanol–water partition coefficient (Wildman–Crippen LogP) is -0.882. The van der Waals surface area contributed by atoms with Gasteiger partial charge in [0.25, 0.3) is 0 Å².